The smallest absolute Gasteiger partial charge is 0.0541 e. The van der Waals surface area contributed by atoms with E-state index in [1.165, 1.54) is 72.0 Å². The largest absolute Gasteiger partial charge is 0.316 e. The predicted octanol–water partition coefficient (Wildman–Crippen LogP) is 13.5. The standard InChI is InChI=1S/C50H38N2/c1-2-3-7-18-42-35-51(43-22-10-5-11-23-43)48-29-27-40(32-45(42)48)41-28-30-50-47(34-41)46-33-39(21-15-26-49(46)52(50)44-24-12-6-13-25-44)38-20-14-19-37(31-38)36-16-8-4-9-17-36/h2-20,22-35H,21H2,1H3/b3-2-,18-7-. The highest BCUT2D eigenvalue weighted by molar-refractivity contribution is 6.03. The SMILES string of the molecule is C/C=C\C=C/c1cn(-c2ccccc2)c2ccc(-c3ccc4c(c3)c3c(n4-c4ccccc4)C=CCC(c4cccc(-c5ccccc5)c4)=C3)cc12. The molecule has 0 N–H and O–H groups in total. The maximum Gasteiger partial charge on any atom is 0.0541 e. The minimum Gasteiger partial charge on any atom is -0.316 e. The first-order valence-corrected chi connectivity index (χ1v) is 18.0. The highest BCUT2D eigenvalue weighted by Gasteiger charge is 2.20. The van der Waals surface area contributed by atoms with Crippen LogP contribution in [0.1, 0.15) is 35.7 Å². The van der Waals surface area contributed by atoms with E-state index in [-0.39, 0.29) is 0 Å². The molecular weight excluding hydrogens is 629 g/mol. The number of fused-ring (bicyclic) bond motifs is 4. The Labute approximate surface area is 305 Å². The Morgan fingerprint density at radius 3 is 1.92 bits per heavy atom. The Morgan fingerprint density at radius 2 is 1.17 bits per heavy atom. The molecule has 2 heterocycles. The summed E-state index contributed by atoms with van der Waals surface area (Å²) < 4.78 is 4.71. The van der Waals surface area contributed by atoms with Gasteiger partial charge in [-0.25, -0.2) is 0 Å². The lowest BCUT2D eigenvalue weighted by Gasteiger charge is -2.10. The molecule has 9 rings (SSSR count). The summed E-state index contributed by atoms with van der Waals surface area (Å²) in [6.45, 7) is 2.05. The summed E-state index contributed by atoms with van der Waals surface area (Å²) in [6, 6.07) is 54.8. The molecule has 0 aliphatic heterocycles. The van der Waals surface area contributed by atoms with E-state index in [9.17, 15) is 0 Å². The average molecular weight is 667 g/mol. The predicted molar refractivity (Wildman–Crippen MR) is 223 cm³/mol. The van der Waals surface area contributed by atoms with Crippen molar-refractivity contribution in [3.05, 3.63) is 205 Å². The van der Waals surface area contributed by atoms with Gasteiger partial charge in [-0.3, -0.25) is 0 Å². The average Bonchev–Trinajstić information content (AvgIpc) is 3.63. The van der Waals surface area contributed by atoms with Gasteiger partial charge in [-0.1, -0.05) is 127 Å². The van der Waals surface area contributed by atoms with Crippen molar-refractivity contribution in [1.82, 2.24) is 9.13 Å². The molecule has 0 saturated carbocycles. The summed E-state index contributed by atoms with van der Waals surface area (Å²) in [5.41, 5.74) is 15.8. The van der Waals surface area contributed by atoms with Crippen LogP contribution in [0.3, 0.4) is 0 Å². The first kappa shape index (κ1) is 31.3. The molecule has 2 nitrogen and oxygen atoms in total. The molecule has 2 heteroatoms. The number of para-hydroxylation sites is 2. The molecule has 0 fully saturated rings. The molecule has 0 unspecified atom stereocenters. The van der Waals surface area contributed by atoms with Gasteiger partial charge in [0.05, 0.1) is 16.7 Å². The maximum absolute atomic E-state index is 2.43. The van der Waals surface area contributed by atoms with E-state index in [0.29, 0.717) is 0 Å². The van der Waals surface area contributed by atoms with Gasteiger partial charge in [0.2, 0.25) is 0 Å². The molecule has 0 amide bonds. The fourth-order valence-electron chi connectivity index (χ4n) is 7.59. The van der Waals surface area contributed by atoms with Crippen molar-refractivity contribution in [3.63, 3.8) is 0 Å². The fraction of sp³-hybridized carbons (Fsp3) is 0.0400. The van der Waals surface area contributed by atoms with Crippen molar-refractivity contribution in [3.8, 4) is 33.6 Å². The van der Waals surface area contributed by atoms with E-state index >= 15 is 0 Å². The van der Waals surface area contributed by atoms with Crippen molar-refractivity contribution in [2.45, 2.75) is 13.3 Å². The molecule has 52 heavy (non-hydrogen) atoms. The van der Waals surface area contributed by atoms with Crippen LogP contribution in [0.4, 0.5) is 0 Å². The second kappa shape index (κ2) is 13.6. The molecule has 1 aliphatic rings. The van der Waals surface area contributed by atoms with Crippen LogP contribution >= 0.6 is 0 Å². The number of nitrogens with zero attached hydrogens (tertiary/aromatic N) is 2. The van der Waals surface area contributed by atoms with Gasteiger partial charge in [-0.15, -0.1) is 0 Å². The van der Waals surface area contributed by atoms with Gasteiger partial charge in [0.1, 0.15) is 0 Å². The van der Waals surface area contributed by atoms with Crippen LogP contribution in [0.2, 0.25) is 0 Å². The lowest BCUT2D eigenvalue weighted by atomic mass is 9.95. The summed E-state index contributed by atoms with van der Waals surface area (Å²) in [7, 11) is 0. The topological polar surface area (TPSA) is 9.86 Å². The molecule has 6 aromatic carbocycles. The number of benzene rings is 6. The van der Waals surface area contributed by atoms with E-state index < -0.39 is 0 Å². The van der Waals surface area contributed by atoms with E-state index in [4.69, 9.17) is 0 Å². The zero-order valence-corrected chi connectivity index (χ0v) is 29.2. The lowest BCUT2D eigenvalue weighted by molar-refractivity contribution is 1.10. The molecule has 0 atom stereocenters. The van der Waals surface area contributed by atoms with Gasteiger partial charge in [0, 0.05) is 39.5 Å². The van der Waals surface area contributed by atoms with Gasteiger partial charge in [0.25, 0.3) is 0 Å². The first-order chi connectivity index (χ1) is 25.7. The van der Waals surface area contributed by atoms with Gasteiger partial charge in [-0.2, -0.15) is 0 Å². The molecule has 248 valence electrons. The molecule has 0 bridgehead atoms. The third-order valence-electron chi connectivity index (χ3n) is 10.1. The van der Waals surface area contributed by atoms with E-state index in [2.05, 4.69) is 210 Å². The van der Waals surface area contributed by atoms with Crippen LogP contribution in [-0.2, 0) is 0 Å². The minimum atomic E-state index is 0.863. The highest BCUT2D eigenvalue weighted by Crippen LogP contribution is 2.40. The maximum atomic E-state index is 2.43. The zero-order chi connectivity index (χ0) is 34.9. The number of allylic oxidation sites excluding steroid dienone is 5. The first-order valence-electron chi connectivity index (χ1n) is 18.0. The zero-order valence-electron chi connectivity index (χ0n) is 29.2. The van der Waals surface area contributed by atoms with Gasteiger partial charge in [-0.05, 0) is 113 Å². The van der Waals surface area contributed by atoms with Crippen molar-refractivity contribution in [1.29, 1.82) is 0 Å². The van der Waals surface area contributed by atoms with E-state index in [1.807, 2.05) is 6.92 Å². The number of rotatable bonds is 7. The van der Waals surface area contributed by atoms with Gasteiger partial charge >= 0.3 is 0 Å². The molecule has 8 aromatic rings. The number of hydrogen-bond acceptors (Lipinski definition) is 0. The Balaban J connectivity index is 1.22. The summed E-state index contributed by atoms with van der Waals surface area (Å²) >= 11 is 0. The second-order valence-electron chi connectivity index (χ2n) is 13.3. The van der Waals surface area contributed by atoms with Crippen LogP contribution in [-0.4, -0.2) is 9.13 Å². The van der Waals surface area contributed by atoms with E-state index in [0.717, 1.165) is 17.8 Å². The monoisotopic (exact) mass is 666 g/mol. The van der Waals surface area contributed by atoms with Crippen LogP contribution in [0, 0.1) is 0 Å². The summed E-state index contributed by atoms with van der Waals surface area (Å²) in [6.07, 6.45) is 18.7. The van der Waals surface area contributed by atoms with Crippen molar-refractivity contribution < 1.29 is 0 Å². The summed E-state index contributed by atoms with van der Waals surface area (Å²) in [5.74, 6) is 0. The molecule has 0 radical (unpaired) electrons. The van der Waals surface area contributed by atoms with Crippen LogP contribution in [0.5, 0.6) is 0 Å². The van der Waals surface area contributed by atoms with Gasteiger partial charge in [0.15, 0.2) is 0 Å². The summed E-state index contributed by atoms with van der Waals surface area (Å²) in [4.78, 5) is 0. The Bertz CT molecular complexity index is 2680. The van der Waals surface area contributed by atoms with Crippen LogP contribution in [0.25, 0.3) is 79.2 Å². The third kappa shape index (κ3) is 5.75. The number of aromatic nitrogens is 2. The van der Waals surface area contributed by atoms with E-state index in [1.54, 1.807) is 0 Å². The number of hydrogen-bond donors (Lipinski definition) is 0. The van der Waals surface area contributed by atoms with Crippen molar-refractivity contribution in [2.75, 3.05) is 0 Å². The van der Waals surface area contributed by atoms with Crippen LogP contribution in [0.15, 0.2) is 182 Å². The molecule has 2 aromatic heterocycles. The van der Waals surface area contributed by atoms with Crippen LogP contribution < -0.4 is 0 Å². The molecule has 1 aliphatic carbocycles. The minimum absolute atomic E-state index is 0.863. The Kier molecular flexibility index (Phi) is 8.19. The molecular formula is C50H38N2. The van der Waals surface area contributed by atoms with Gasteiger partial charge < -0.3 is 9.13 Å². The third-order valence-corrected chi connectivity index (χ3v) is 10.1. The Hall–Kier alpha value is -6.64. The normalized spacial score (nSPS) is 12.9. The van der Waals surface area contributed by atoms with Crippen molar-refractivity contribution in [2.24, 2.45) is 0 Å². The fourth-order valence-corrected chi connectivity index (χ4v) is 7.59. The van der Waals surface area contributed by atoms with Crippen molar-refractivity contribution >= 4 is 45.6 Å². The Morgan fingerprint density at radius 1 is 0.538 bits per heavy atom. The second-order valence-corrected chi connectivity index (χ2v) is 13.3. The molecule has 0 spiro atoms. The quantitative estimate of drug-likeness (QED) is 0.150. The molecule has 0 saturated heterocycles. The lowest BCUT2D eigenvalue weighted by Crippen LogP contribution is -1.96. The summed E-state index contributed by atoms with van der Waals surface area (Å²) in [5, 5.41) is 2.47. The highest BCUT2D eigenvalue weighted by atomic mass is 15.0.